The molecule has 1 saturated heterocycles. The maximum Gasteiger partial charge on any atom is 0.332 e. The van der Waals surface area contributed by atoms with Crippen LogP contribution in [0.3, 0.4) is 0 Å². The smallest absolute Gasteiger partial charge is 0.332 e. The standard InChI is InChI=1S/C34H48O6/c1-34(2,3)40-32(36)22-37-17-15-23-11-12-28-26(18-23)21-31(39-33-10-6-7-16-38-33)29(28)13-14-30(35)27-19-24-8-4-5-9-25(24)20-27/h4-5,8-9,13-14,18,26-31,33,35H,6-7,10-12,15-17,19-22H2,1-3H3. The highest BCUT2D eigenvalue weighted by molar-refractivity contribution is 5.71. The van der Waals surface area contributed by atoms with Crippen LogP contribution in [-0.4, -0.2) is 55.0 Å². The summed E-state index contributed by atoms with van der Waals surface area (Å²) < 4.78 is 23.5. The summed E-state index contributed by atoms with van der Waals surface area (Å²) in [6, 6.07) is 8.57. The zero-order chi connectivity index (χ0) is 28.1. The lowest BCUT2D eigenvalue weighted by molar-refractivity contribution is -0.192. The number of esters is 1. The molecule has 1 heterocycles. The van der Waals surface area contributed by atoms with E-state index >= 15 is 0 Å². The van der Waals surface area contributed by atoms with Crippen LogP contribution in [0, 0.1) is 23.7 Å². The van der Waals surface area contributed by atoms with Crippen molar-refractivity contribution in [2.45, 2.75) is 103 Å². The lowest BCUT2D eigenvalue weighted by Gasteiger charge is -2.30. The Morgan fingerprint density at radius 1 is 1.15 bits per heavy atom. The van der Waals surface area contributed by atoms with Gasteiger partial charge in [0.1, 0.15) is 12.2 Å². The molecule has 1 aromatic rings. The van der Waals surface area contributed by atoms with E-state index < -0.39 is 11.7 Å². The second-order valence-electron chi connectivity index (χ2n) is 13.2. The Labute approximate surface area is 240 Å². The second kappa shape index (κ2) is 13.3. The van der Waals surface area contributed by atoms with Gasteiger partial charge < -0.3 is 24.1 Å². The van der Waals surface area contributed by atoms with Gasteiger partial charge in [-0.15, -0.1) is 0 Å². The number of ether oxygens (including phenoxy) is 4. The SMILES string of the molecule is CC(C)(C)OC(=O)COCCC1=CC2CC(OC3CCCCO3)C(C=CC(O)C3Cc4ccccc4C3)C2CC1. The van der Waals surface area contributed by atoms with E-state index in [4.69, 9.17) is 18.9 Å². The average molecular weight is 553 g/mol. The minimum absolute atomic E-state index is 0.00479. The number of carbonyl (C=O) groups excluding carboxylic acids is 1. The van der Waals surface area contributed by atoms with Crippen molar-refractivity contribution in [3.8, 4) is 0 Å². The molecule has 0 spiro atoms. The molecule has 1 aromatic carbocycles. The van der Waals surface area contributed by atoms with Crippen LogP contribution < -0.4 is 0 Å². The van der Waals surface area contributed by atoms with Gasteiger partial charge in [-0.25, -0.2) is 4.79 Å². The molecule has 6 unspecified atom stereocenters. The molecular formula is C34H48O6. The number of benzene rings is 1. The van der Waals surface area contributed by atoms with E-state index in [-0.39, 0.29) is 36.8 Å². The predicted octanol–water partition coefficient (Wildman–Crippen LogP) is 5.95. The van der Waals surface area contributed by atoms with E-state index in [1.807, 2.05) is 20.8 Å². The highest BCUT2D eigenvalue weighted by atomic mass is 16.7. The minimum Gasteiger partial charge on any atom is -0.458 e. The van der Waals surface area contributed by atoms with Gasteiger partial charge in [-0.1, -0.05) is 48.1 Å². The van der Waals surface area contributed by atoms with E-state index in [0.717, 1.165) is 64.4 Å². The first-order chi connectivity index (χ1) is 19.2. The fraction of sp³-hybridized carbons (Fsp3) is 0.676. The van der Waals surface area contributed by atoms with Gasteiger partial charge in [0.05, 0.1) is 18.8 Å². The Balaban J connectivity index is 1.19. The largest absolute Gasteiger partial charge is 0.458 e. The number of carbonyl (C=O) groups is 1. The summed E-state index contributed by atoms with van der Waals surface area (Å²) in [6.45, 7) is 6.89. The second-order valence-corrected chi connectivity index (χ2v) is 13.2. The zero-order valence-corrected chi connectivity index (χ0v) is 24.6. The summed E-state index contributed by atoms with van der Waals surface area (Å²) in [4.78, 5) is 11.9. The Morgan fingerprint density at radius 2 is 1.93 bits per heavy atom. The maximum absolute atomic E-state index is 11.9. The molecule has 220 valence electrons. The lowest BCUT2D eigenvalue weighted by Crippen LogP contribution is -2.31. The summed E-state index contributed by atoms with van der Waals surface area (Å²) in [5.41, 5.74) is 3.66. The highest BCUT2D eigenvalue weighted by Crippen LogP contribution is 2.48. The molecule has 3 aliphatic carbocycles. The van der Waals surface area contributed by atoms with E-state index in [9.17, 15) is 9.90 Å². The number of allylic oxidation sites excluding steroid dienone is 1. The molecule has 0 bridgehead atoms. The molecular weight excluding hydrogens is 504 g/mol. The third kappa shape index (κ3) is 7.84. The van der Waals surface area contributed by atoms with Crippen LogP contribution in [0.4, 0.5) is 0 Å². The minimum atomic E-state index is -0.492. The van der Waals surface area contributed by atoms with E-state index in [0.29, 0.717) is 18.4 Å². The number of hydrogen-bond donors (Lipinski definition) is 1. The lowest BCUT2D eigenvalue weighted by atomic mass is 9.78. The van der Waals surface area contributed by atoms with Crippen LogP contribution in [0.2, 0.25) is 0 Å². The molecule has 1 N–H and O–H groups in total. The fourth-order valence-corrected chi connectivity index (χ4v) is 7.10. The van der Waals surface area contributed by atoms with Crippen LogP contribution in [0.25, 0.3) is 0 Å². The summed E-state index contributed by atoms with van der Waals surface area (Å²) in [7, 11) is 0. The Bertz CT molecular complexity index is 1020. The molecule has 0 aromatic heterocycles. The Kier molecular flexibility index (Phi) is 9.83. The first kappa shape index (κ1) is 29.5. The number of aliphatic hydroxyl groups excluding tert-OH is 1. The quantitative estimate of drug-likeness (QED) is 0.220. The average Bonchev–Trinajstić information content (AvgIpc) is 3.50. The number of rotatable bonds is 10. The van der Waals surface area contributed by atoms with Gasteiger partial charge in [-0.05, 0) is 107 Å². The van der Waals surface area contributed by atoms with Gasteiger partial charge in [0.15, 0.2) is 6.29 Å². The molecule has 6 heteroatoms. The van der Waals surface area contributed by atoms with Gasteiger partial charge in [0.25, 0.3) is 0 Å². The molecule has 2 fully saturated rings. The van der Waals surface area contributed by atoms with Crippen molar-refractivity contribution < 1.29 is 28.8 Å². The van der Waals surface area contributed by atoms with Crippen molar-refractivity contribution >= 4 is 5.97 Å². The summed E-state index contributed by atoms with van der Waals surface area (Å²) in [5.74, 6) is 1.15. The number of fused-ring (bicyclic) bond motifs is 2. The number of aliphatic hydroxyl groups is 1. The third-order valence-corrected chi connectivity index (χ3v) is 8.99. The first-order valence-electron chi connectivity index (χ1n) is 15.4. The van der Waals surface area contributed by atoms with Crippen molar-refractivity contribution in [2.24, 2.45) is 23.7 Å². The van der Waals surface area contributed by atoms with E-state index in [1.54, 1.807) is 0 Å². The van der Waals surface area contributed by atoms with Crippen molar-refractivity contribution in [2.75, 3.05) is 19.8 Å². The molecule has 6 atom stereocenters. The molecule has 5 rings (SSSR count). The normalized spacial score (nSPS) is 29.7. The molecule has 6 nitrogen and oxygen atoms in total. The van der Waals surface area contributed by atoms with Crippen LogP contribution in [-0.2, 0) is 36.6 Å². The monoisotopic (exact) mass is 552 g/mol. The van der Waals surface area contributed by atoms with Crippen molar-refractivity contribution in [1.82, 2.24) is 0 Å². The zero-order valence-electron chi connectivity index (χ0n) is 24.6. The summed E-state index contributed by atoms with van der Waals surface area (Å²) >= 11 is 0. The van der Waals surface area contributed by atoms with Gasteiger partial charge in [-0.2, -0.15) is 0 Å². The summed E-state index contributed by atoms with van der Waals surface area (Å²) in [5, 5.41) is 11.1. The Morgan fingerprint density at radius 3 is 2.62 bits per heavy atom. The van der Waals surface area contributed by atoms with E-state index in [1.165, 1.54) is 16.7 Å². The predicted molar refractivity (Wildman–Crippen MR) is 155 cm³/mol. The van der Waals surface area contributed by atoms with Gasteiger partial charge in [0.2, 0.25) is 0 Å². The first-order valence-corrected chi connectivity index (χ1v) is 15.4. The third-order valence-electron chi connectivity index (χ3n) is 8.99. The molecule has 0 amide bonds. The molecule has 0 radical (unpaired) electrons. The summed E-state index contributed by atoms with van der Waals surface area (Å²) in [6.07, 6.45) is 15.4. The van der Waals surface area contributed by atoms with Crippen LogP contribution in [0.5, 0.6) is 0 Å². The van der Waals surface area contributed by atoms with Crippen molar-refractivity contribution in [3.05, 3.63) is 59.2 Å². The van der Waals surface area contributed by atoms with Crippen molar-refractivity contribution in [1.29, 1.82) is 0 Å². The van der Waals surface area contributed by atoms with Crippen LogP contribution in [0.1, 0.15) is 76.8 Å². The maximum atomic E-state index is 11.9. The topological polar surface area (TPSA) is 74.2 Å². The fourth-order valence-electron chi connectivity index (χ4n) is 7.10. The van der Waals surface area contributed by atoms with Gasteiger partial charge in [-0.3, -0.25) is 0 Å². The molecule has 4 aliphatic rings. The molecule has 1 saturated carbocycles. The molecule has 40 heavy (non-hydrogen) atoms. The van der Waals surface area contributed by atoms with Crippen LogP contribution in [0.15, 0.2) is 48.1 Å². The van der Waals surface area contributed by atoms with Gasteiger partial charge in [0, 0.05) is 12.5 Å². The van der Waals surface area contributed by atoms with E-state index in [2.05, 4.69) is 42.5 Å². The van der Waals surface area contributed by atoms with Crippen molar-refractivity contribution in [3.63, 3.8) is 0 Å². The Hall–Kier alpha value is -1.99. The van der Waals surface area contributed by atoms with Gasteiger partial charge >= 0.3 is 5.97 Å². The highest BCUT2D eigenvalue weighted by Gasteiger charge is 2.44. The number of hydrogen-bond acceptors (Lipinski definition) is 6. The van der Waals surface area contributed by atoms with Crippen LogP contribution >= 0.6 is 0 Å². The molecule has 1 aliphatic heterocycles.